The molecule has 2 aromatic carbocycles. The van der Waals surface area contributed by atoms with Gasteiger partial charge in [0.15, 0.2) is 0 Å². The molecule has 7 heteroatoms. The Labute approximate surface area is 177 Å². The topological polar surface area (TPSA) is 90.6 Å². The summed E-state index contributed by atoms with van der Waals surface area (Å²) in [5.41, 5.74) is 9.76. The second-order valence-corrected chi connectivity index (χ2v) is 7.85. The van der Waals surface area contributed by atoms with Crippen molar-refractivity contribution in [2.45, 2.75) is 38.3 Å². The Morgan fingerprint density at radius 1 is 1.03 bits per heavy atom. The highest BCUT2D eigenvalue weighted by Gasteiger charge is 2.29. The summed E-state index contributed by atoms with van der Waals surface area (Å²) in [7, 11) is 0. The van der Waals surface area contributed by atoms with E-state index in [9.17, 15) is 9.59 Å². The van der Waals surface area contributed by atoms with Gasteiger partial charge in [-0.1, -0.05) is 48.5 Å². The highest BCUT2D eigenvalue weighted by atomic mass is 35.5. The van der Waals surface area contributed by atoms with Gasteiger partial charge in [-0.3, -0.25) is 4.79 Å². The van der Waals surface area contributed by atoms with E-state index in [2.05, 4.69) is 29.6 Å². The predicted octanol–water partition coefficient (Wildman–Crippen LogP) is 3.62. The van der Waals surface area contributed by atoms with Gasteiger partial charge in [-0.05, 0) is 43.0 Å². The maximum atomic E-state index is 12.1. The molecule has 0 heterocycles. The minimum atomic E-state index is -0.945. The number of nitrogens with two attached hydrogens (primary N) is 1. The van der Waals surface area contributed by atoms with Crippen molar-refractivity contribution in [2.24, 2.45) is 5.73 Å². The van der Waals surface area contributed by atoms with Crippen LogP contribution in [-0.2, 0) is 14.3 Å². The molecule has 0 aliphatic heterocycles. The second-order valence-electron chi connectivity index (χ2n) is 7.85. The smallest absolute Gasteiger partial charge is 0.407 e. The zero-order valence-corrected chi connectivity index (χ0v) is 17.6. The lowest BCUT2D eigenvalue weighted by atomic mass is 9.98. The van der Waals surface area contributed by atoms with Gasteiger partial charge >= 0.3 is 12.1 Å². The van der Waals surface area contributed by atoms with Crippen LogP contribution in [0.2, 0.25) is 0 Å². The molecule has 0 bridgehead atoms. The molecule has 0 radical (unpaired) electrons. The zero-order valence-electron chi connectivity index (χ0n) is 16.8. The summed E-state index contributed by atoms with van der Waals surface area (Å²) >= 11 is 0. The number of carbonyl (C=O) groups is 2. The average Bonchev–Trinajstić information content (AvgIpc) is 2.97. The number of benzene rings is 2. The highest BCUT2D eigenvalue weighted by Crippen LogP contribution is 2.44. The average molecular weight is 419 g/mol. The van der Waals surface area contributed by atoms with Crippen LogP contribution in [0.3, 0.4) is 0 Å². The number of rotatable bonds is 5. The number of nitrogens with one attached hydrogen (secondary N) is 1. The number of fused-ring (bicyclic) bond motifs is 3. The van der Waals surface area contributed by atoms with Crippen molar-refractivity contribution in [3.63, 3.8) is 0 Å². The third-order valence-electron chi connectivity index (χ3n) is 4.52. The fourth-order valence-electron chi connectivity index (χ4n) is 3.30. The van der Waals surface area contributed by atoms with Crippen molar-refractivity contribution < 1.29 is 19.1 Å². The van der Waals surface area contributed by atoms with Crippen LogP contribution in [-0.4, -0.2) is 36.9 Å². The molecule has 0 saturated carbocycles. The Morgan fingerprint density at radius 2 is 1.55 bits per heavy atom. The van der Waals surface area contributed by atoms with Crippen molar-refractivity contribution in [2.75, 3.05) is 13.2 Å². The third-order valence-corrected chi connectivity index (χ3v) is 4.52. The summed E-state index contributed by atoms with van der Waals surface area (Å²) in [6.45, 7) is 5.44. The minimum Gasteiger partial charge on any atom is -0.459 e. The number of halogens is 1. The van der Waals surface area contributed by atoms with Crippen LogP contribution in [0.15, 0.2) is 48.5 Å². The quantitative estimate of drug-likeness (QED) is 0.724. The second kappa shape index (κ2) is 9.29. The first-order valence-electron chi connectivity index (χ1n) is 9.33. The van der Waals surface area contributed by atoms with E-state index in [0.717, 1.165) is 11.1 Å². The lowest BCUT2D eigenvalue weighted by Crippen LogP contribution is -2.45. The molecule has 156 valence electrons. The van der Waals surface area contributed by atoms with E-state index in [4.69, 9.17) is 15.2 Å². The van der Waals surface area contributed by atoms with Crippen LogP contribution in [0.4, 0.5) is 4.79 Å². The van der Waals surface area contributed by atoms with Crippen LogP contribution >= 0.6 is 12.4 Å². The molecule has 2 aromatic rings. The Hall–Kier alpha value is -2.57. The van der Waals surface area contributed by atoms with Gasteiger partial charge in [-0.2, -0.15) is 0 Å². The first-order valence-corrected chi connectivity index (χ1v) is 9.33. The molecular weight excluding hydrogens is 392 g/mol. The Bertz CT molecular complexity index is 834. The number of hydrogen-bond donors (Lipinski definition) is 2. The van der Waals surface area contributed by atoms with E-state index in [0.29, 0.717) is 0 Å². The Kier molecular flexibility index (Phi) is 7.27. The van der Waals surface area contributed by atoms with E-state index in [1.807, 2.05) is 24.3 Å². The van der Waals surface area contributed by atoms with Crippen LogP contribution in [0.25, 0.3) is 11.1 Å². The van der Waals surface area contributed by atoms with Gasteiger partial charge in [0, 0.05) is 12.5 Å². The standard InChI is InChI=1S/C22H26N2O4.ClH/c1-22(2,3)28-20(25)19(23)12-24-21(26)27-13-18-16-10-6-4-8-14(16)15-9-5-7-11-17(15)18;/h4-11,18-19H,12-13,23H2,1-3H3,(H,24,26);1H. The van der Waals surface area contributed by atoms with Crippen molar-refractivity contribution in [1.82, 2.24) is 5.32 Å². The van der Waals surface area contributed by atoms with E-state index in [-0.39, 0.29) is 31.5 Å². The maximum absolute atomic E-state index is 12.1. The molecule has 0 saturated heterocycles. The molecule has 6 nitrogen and oxygen atoms in total. The monoisotopic (exact) mass is 418 g/mol. The van der Waals surface area contributed by atoms with Gasteiger partial charge in [0.05, 0.1) is 0 Å². The molecule has 1 aliphatic rings. The highest BCUT2D eigenvalue weighted by molar-refractivity contribution is 5.85. The lowest BCUT2D eigenvalue weighted by Gasteiger charge is -2.22. The van der Waals surface area contributed by atoms with Crippen molar-refractivity contribution in [3.8, 4) is 11.1 Å². The normalized spacial score (nSPS) is 13.5. The van der Waals surface area contributed by atoms with Crippen molar-refractivity contribution in [3.05, 3.63) is 59.7 Å². The van der Waals surface area contributed by atoms with Crippen molar-refractivity contribution >= 4 is 24.5 Å². The molecule has 3 rings (SSSR count). The Balaban J connectivity index is 0.00000300. The number of esters is 1. The van der Waals surface area contributed by atoms with E-state index in [1.165, 1.54) is 11.1 Å². The first kappa shape index (κ1) is 22.7. The molecule has 0 aromatic heterocycles. The molecular formula is C22H27ClN2O4. The molecule has 0 spiro atoms. The van der Waals surface area contributed by atoms with Gasteiger partial charge in [-0.15, -0.1) is 12.4 Å². The van der Waals surface area contributed by atoms with E-state index in [1.54, 1.807) is 20.8 Å². The van der Waals surface area contributed by atoms with Crippen molar-refractivity contribution in [1.29, 1.82) is 0 Å². The van der Waals surface area contributed by atoms with E-state index < -0.39 is 23.7 Å². The number of amides is 1. The molecule has 1 aliphatic carbocycles. The summed E-state index contributed by atoms with van der Waals surface area (Å²) in [5.74, 6) is -0.580. The maximum Gasteiger partial charge on any atom is 0.407 e. The predicted molar refractivity (Wildman–Crippen MR) is 114 cm³/mol. The molecule has 29 heavy (non-hydrogen) atoms. The van der Waals surface area contributed by atoms with Crippen LogP contribution in [0, 0.1) is 0 Å². The fourth-order valence-corrected chi connectivity index (χ4v) is 3.30. The van der Waals surface area contributed by atoms with Gasteiger partial charge < -0.3 is 20.5 Å². The van der Waals surface area contributed by atoms with Gasteiger partial charge in [0.25, 0.3) is 0 Å². The van der Waals surface area contributed by atoms with Crippen LogP contribution in [0.5, 0.6) is 0 Å². The summed E-state index contributed by atoms with van der Waals surface area (Å²) in [6, 6.07) is 15.3. The minimum absolute atomic E-state index is 0. The van der Waals surface area contributed by atoms with Gasteiger partial charge in [-0.25, -0.2) is 4.79 Å². The number of ether oxygens (including phenoxy) is 2. The van der Waals surface area contributed by atoms with Gasteiger partial charge in [0.2, 0.25) is 0 Å². The van der Waals surface area contributed by atoms with Gasteiger partial charge in [0.1, 0.15) is 18.2 Å². The number of alkyl carbamates (subject to hydrolysis) is 1. The third kappa shape index (κ3) is 5.49. The molecule has 1 atom stereocenters. The van der Waals surface area contributed by atoms with Crippen LogP contribution in [0.1, 0.15) is 37.8 Å². The Morgan fingerprint density at radius 3 is 2.07 bits per heavy atom. The largest absolute Gasteiger partial charge is 0.459 e. The fraction of sp³-hybridized carbons (Fsp3) is 0.364. The molecule has 1 unspecified atom stereocenters. The summed E-state index contributed by atoms with van der Waals surface area (Å²) in [5, 5.41) is 2.53. The first-order chi connectivity index (χ1) is 13.3. The number of hydrogen-bond acceptors (Lipinski definition) is 5. The SMILES string of the molecule is CC(C)(C)OC(=O)C(N)CNC(=O)OCC1c2ccccc2-c2ccccc21.Cl. The number of carbonyl (C=O) groups excluding carboxylic acids is 2. The molecule has 0 fully saturated rings. The molecule has 3 N–H and O–H groups in total. The zero-order chi connectivity index (χ0) is 20.3. The van der Waals surface area contributed by atoms with E-state index >= 15 is 0 Å². The lowest BCUT2D eigenvalue weighted by molar-refractivity contribution is -0.156. The summed E-state index contributed by atoms with van der Waals surface area (Å²) in [6.07, 6.45) is -0.610. The van der Waals surface area contributed by atoms with Crippen LogP contribution < -0.4 is 11.1 Å². The summed E-state index contributed by atoms with van der Waals surface area (Å²) < 4.78 is 10.6. The molecule has 1 amide bonds. The summed E-state index contributed by atoms with van der Waals surface area (Å²) in [4.78, 5) is 24.0.